The van der Waals surface area contributed by atoms with Crippen LogP contribution in [-0.2, 0) is 6.42 Å². The van der Waals surface area contributed by atoms with Crippen LogP contribution in [0.15, 0.2) is 53.3 Å². The maximum absolute atomic E-state index is 5.67. The monoisotopic (exact) mass is 433 g/mol. The number of hydrogen-bond acceptors (Lipinski definition) is 8. The molecule has 1 aromatic carbocycles. The number of para-hydroxylation sites is 1. The zero-order valence-corrected chi connectivity index (χ0v) is 17.3. The fourth-order valence-corrected chi connectivity index (χ4v) is 2.77. The van der Waals surface area contributed by atoms with Gasteiger partial charge in [0.25, 0.3) is 0 Å². The molecule has 0 amide bonds. The predicted octanol–water partition coefficient (Wildman–Crippen LogP) is 3.59. The van der Waals surface area contributed by atoms with Gasteiger partial charge in [0.1, 0.15) is 17.7 Å². The average Bonchev–Trinajstić information content (AvgIpc) is 3.19. The molecule has 8 nitrogen and oxygen atoms in total. The van der Waals surface area contributed by atoms with Crippen molar-refractivity contribution >= 4 is 41.5 Å². The quantitative estimate of drug-likeness (QED) is 0.473. The first-order valence-corrected chi connectivity index (χ1v) is 8.71. The van der Waals surface area contributed by atoms with Crippen LogP contribution >= 0.6 is 24.8 Å². The molecule has 0 aliphatic carbocycles. The molecule has 0 spiro atoms. The van der Waals surface area contributed by atoms with Gasteiger partial charge in [0.05, 0.1) is 5.52 Å². The van der Waals surface area contributed by atoms with Crippen LogP contribution in [0, 0.1) is 0 Å². The van der Waals surface area contributed by atoms with Gasteiger partial charge in [-0.15, -0.1) is 24.8 Å². The van der Waals surface area contributed by atoms with E-state index in [4.69, 9.17) is 10.3 Å². The number of fused-ring (bicyclic) bond motifs is 1. The average molecular weight is 434 g/mol. The molecule has 0 aliphatic rings. The summed E-state index contributed by atoms with van der Waals surface area (Å²) in [6.07, 6.45) is 4.01. The highest BCUT2D eigenvalue weighted by atomic mass is 35.5. The maximum atomic E-state index is 5.67. The van der Waals surface area contributed by atoms with Gasteiger partial charge in [-0.05, 0) is 37.7 Å². The molecule has 10 heteroatoms. The molecule has 3 heterocycles. The van der Waals surface area contributed by atoms with Crippen molar-refractivity contribution in [2.75, 3.05) is 11.9 Å². The third-order valence-corrected chi connectivity index (χ3v) is 4.10. The number of halogens is 2. The van der Waals surface area contributed by atoms with Crippen LogP contribution < -0.4 is 11.1 Å². The molecule has 152 valence electrons. The first-order chi connectivity index (χ1) is 13.2. The van der Waals surface area contributed by atoms with E-state index in [1.54, 1.807) is 12.4 Å². The summed E-state index contributed by atoms with van der Waals surface area (Å²) in [4.78, 5) is 17.7. The van der Waals surface area contributed by atoms with E-state index in [0.717, 1.165) is 22.3 Å². The number of pyridine rings is 1. The van der Waals surface area contributed by atoms with Crippen LogP contribution in [0.25, 0.3) is 22.3 Å². The second kappa shape index (κ2) is 10.1. The number of nitrogens with two attached hydrogens (primary N) is 1. The number of nitrogens with one attached hydrogen (secondary N) is 1. The van der Waals surface area contributed by atoms with Crippen molar-refractivity contribution < 1.29 is 4.52 Å². The Labute approximate surface area is 180 Å². The number of nitrogens with zero attached hydrogens (tertiary/aromatic N) is 5. The minimum atomic E-state index is -0.230. The third-order valence-electron chi connectivity index (χ3n) is 4.10. The molecule has 4 rings (SSSR count). The maximum Gasteiger partial charge on any atom is 0.249 e. The number of rotatable bonds is 6. The standard InChI is InChI=1S/C19H19N7O.2ClH/c1-12(19-25-17(26-27-19)13-5-4-10-21-11-13)22-18-14-6-2-3-7-15(14)23-16(24-18)8-9-20;;/h2-7,10-12H,8-9,20H2,1H3,(H,22,23,24);2*1H. The second-order valence-electron chi connectivity index (χ2n) is 6.11. The number of hydrogen-bond donors (Lipinski definition) is 2. The molecule has 0 bridgehead atoms. The van der Waals surface area contributed by atoms with Gasteiger partial charge in [0.2, 0.25) is 11.7 Å². The van der Waals surface area contributed by atoms with Crippen molar-refractivity contribution in [3.63, 3.8) is 0 Å². The van der Waals surface area contributed by atoms with Crippen LogP contribution in [-0.4, -0.2) is 31.6 Å². The third kappa shape index (κ3) is 4.97. The molecule has 0 radical (unpaired) electrons. The van der Waals surface area contributed by atoms with Gasteiger partial charge >= 0.3 is 0 Å². The smallest absolute Gasteiger partial charge is 0.249 e. The van der Waals surface area contributed by atoms with E-state index in [-0.39, 0.29) is 30.9 Å². The van der Waals surface area contributed by atoms with Gasteiger partial charge in [-0.25, -0.2) is 9.97 Å². The summed E-state index contributed by atoms with van der Waals surface area (Å²) in [5.41, 5.74) is 7.34. The molecule has 0 saturated heterocycles. The van der Waals surface area contributed by atoms with E-state index in [0.29, 0.717) is 30.5 Å². The van der Waals surface area contributed by atoms with Crippen LogP contribution in [0.1, 0.15) is 24.7 Å². The molecule has 4 aromatic rings. The highest BCUT2D eigenvalue weighted by molar-refractivity contribution is 5.89. The molecule has 1 atom stereocenters. The number of aromatic nitrogens is 5. The van der Waals surface area contributed by atoms with E-state index in [1.165, 1.54) is 0 Å². The van der Waals surface area contributed by atoms with Gasteiger partial charge in [-0.3, -0.25) is 4.98 Å². The highest BCUT2D eigenvalue weighted by Crippen LogP contribution is 2.25. The minimum Gasteiger partial charge on any atom is -0.358 e. The van der Waals surface area contributed by atoms with Crippen molar-refractivity contribution in [1.29, 1.82) is 0 Å². The summed E-state index contributed by atoms with van der Waals surface area (Å²) in [5.74, 6) is 2.39. The molecule has 0 fully saturated rings. The molecule has 29 heavy (non-hydrogen) atoms. The lowest BCUT2D eigenvalue weighted by molar-refractivity contribution is 0.367. The van der Waals surface area contributed by atoms with Gasteiger partial charge in [-0.1, -0.05) is 17.3 Å². The van der Waals surface area contributed by atoms with E-state index >= 15 is 0 Å². The van der Waals surface area contributed by atoms with E-state index < -0.39 is 0 Å². The Morgan fingerprint density at radius 3 is 2.66 bits per heavy atom. The van der Waals surface area contributed by atoms with Crippen molar-refractivity contribution in [3.8, 4) is 11.4 Å². The second-order valence-corrected chi connectivity index (χ2v) is 6.11. The molecule has 0 saturated carbocycles. The summed E-state index contributed by atoms with van der Waals surface area (Å²) in [6.45, 7) is 2.44. The largest absolute Gasteiger partial charge is 0.358 e. The van der Waals surface area contributed by atoms with Crippen molar-refractivity contribution in [2.24, 2.45) is 5.73 Å². The Balaban J connectivity index is 0.00000150. The minimum absolute atomic E-state index is 0. The summed E-state index contributed by atoms with van der Waals surface area (Å²) < 4.78 is 5.43. The van der Waals surface area contributed by atoms with Gasteiger partial charge in [0, 0.05) is 29.8 Å². The normalized spacial score (nSPS) is 11.4. The topological polar surface area (TPSA) is 116 Å². The lowest BCUT2D eigenvalue weighted by atomic mass is 10.2. The molecule has 3 N–H and O–H groups in total. The first-order valence-electron chi connectivity index (χ1n) is 8.71. The van der Waals surface area contributed by atoms with Crippen LogP contribution in [0.5, 0.6) is 0 Å². The molecule has 0 aliphatic heterocycles. The fraction of sp³-hybridized carbons (Fsp3) is 0.211. The van der Waals surface area contributed by atoms with Crippen LogP contribution in [0.2, 0.25) is 0 Å². The fourth-order valence-electron chi connectivity index (χ4n) is 2.77. The summed E-state index contributed by atoms with van der Waals surface area (Å²) >= 11 is 0. The predicted molar refractivity (Wildman–Crippen MR) is 116 cm³/mol. The highest BCUT2D eigenvalue weighted by Gasteiger charge is 2.17. The first kappa shape index (κ1) is 22.5. The zero-order chi connectivity index (χ0) is 18.6. The van der Waals surface area contributed by atoms with Crippen molar-refractivity contribution in [2.45, 2.75) is 19.4 Å². The lowest BCUT2D eigenvalue weighted by Crippen LogP contribution is -2.12. The summed E-state index contributed by atoms with van der Waals surface area (Å²) in [5, 5.41) is 8.33. The van der Waals surface area contributed by atoms with E-state index in [9.17, 15) is 0 Å². The lowest BCUT2D eigenvalue weighted by Gasteiger charge is -2.13. The van der Waals surface area contributed by atoms with Crippen LogP contribution in [0.3, 0.4) is 0 Å². The number of anilines is 1. The molecular formula is C19H21Cl2N7O. The van der Waals surface area contributed by atoms with Gasteiger partial charge in [0.15, 0.2) is 0 Å². The van der Waals surface area contributed by atoms with Gasteiger partial charge in [-0.2, -0.15) is 4.98 Å². The van der Waals surface area contributed by atoms with E-state index in [1.807, 2.05) is 43.3 Å². The van der Waals surface area contributed by atoms with Crippen molar-refractivity contribution in [3.05, 3.63) is 60.5 Å². The summed E-state index contributed by atoms with van der Waals surface area (Å²) in [7, 11) is 0. The Bertz CT molecular complexity index is 1060. The Morgan fingerprint density at radius 2 is 1.90 bits per heavy atom. The van der Waals surface area contributed by atoms with Gasteiger partial charge < -0.3 is 15.6 Å². The van der Waals surface area contributed by atoms with E-state index in [2.05, 4.69) is 30.4 Å². The SMILES string of the molecule is CC(Nc1nc(CCN)nc2ccccc12)c1nc(-c2cccnc2)no1.Cl.Cl. The Hall–Kier alpha value is -2.81. The Morgan fingerprint density at radius 1 is 1.07 bits per heavy atom. The van der Waals surface area contributed by atoms with Crippen molar-refractivity contribution in [1.82, 2.24) is 25.1 Å². The molecule has 3 aromatic heterocycles. The molecular weight excluding hydrogens is 413 g/mol. The molecule has 1 unspecified atom stereocenters. The number of benzene rings is 1. The van der Waals surface area contributed by atoms with Crippen LogP contribution in [0.4, 0.5) is 5.82 Å². The Kier molecular flexibility index (Phi) is 7.83. The summed E-state index contributed by atoms with van der Waals surface area (Å²) in [6, 6.07) is 11.3. The zero-order valence-electron chi connectivity index (χ0n) is 15.6.